The molecule has 2 aliphatic rings. The Bertz CT molecular complexity index is 1130. The zero-order valence-corrected chi connectivity index (χ0v) is 15.5. The molecule has 2 aliphatic heterocycles. The number of H-pyrrole nitrogens is 1. The van der Waals surface area contributed by atoms with Gasteiger partial charge in [-0.1, -0.05) is 0 Å². The van der Waals surface area contributed by atoms with E-state index in [1.165, 1.54) is 17.4 Å². The van der Waals surface area contributed by atoms with Crippen molar-refractivity contribution in [2.24, 2.45) is 4.99 Å². The second-order valence-corrected chi connectivity index (χ2v) is 8.32. The van der Waals surface area contributed by atoms with Crippen molar-refractivity contribution in [1.29, 1.82) is 0 Å². The fraction of sp³-hybridized carbons (Fsp3) is 0.278. The number of pyridine rings is 1. The average Bonchev–Trinajstić information content (AvgIpc) is 3.31. The molecular formula is C18H18N5O3S+. The lowest BCUT2D eigenvalue weighted by Gasteiger charge is -2.13. The summed E-state index contributed by atoms with van der Waals surface area (Å²) in [5.74, 6) is -0.0306. The highest BCUT2D eigenvalue weighted by Gasteiger charge is 2.32. The monoisotopic (exact) mass is 384 g/mol. The van der Waals surface area contributed by atoms with Gasteiger partial charge in [0.15, 0.2) is 0 Å². The summed E-state index contributed by atoms with van der Waals surface area (Å²) in [7, 11) is -3.56. The molecule has 8 nitrogen and oxygen atoms in total. The van der Waals surface area contributed by atoms with Crippen LogP contribution >= 0.6 is 0 Å². The Morgan fingerprint density at radius 3 is 2.89 bits per heavy atom. The topological polar surface area (TPSA) is 108 Å². The number of carbonyl (C=O) groups is 1. The Morgan fingerprint density at radius 1 is 1.37 bits per heavy atom. The third-order valence-corrected chi connectivity index (χ3v) is 6.47. The maximum Gasteiger partial charge on any atom is 0.332 e. The molecular weight excluding hydrogens is 366 g/mol. The lowest BCUT2D eigenvalue weighted by molar-refractivity contribution is -0.346. The normalized spacial score (nSPS) is 19.8. The summed E-state index contributed by atoms with van der Waals surface area (Å²) < 4.78 is 27.4. The molecule has 4 rings (SSSR count). The van der Waals surface area contributed by atoms with Crippen LogP contribution in [0.5, 0.6) is 0 Å². The van der Waals surface area contributed by atoms with Crippen molar-refractivity contribution >= 4 is 38.8 Å². The third-order valence-electron chi connectivity index (χ3n) is 4.53. The number of nitrogens with one attached hydrogen (secondary N) is 1. The van der Waals surface area contributed by atoms with Gasteiger partial charge < -0.3 is 10.3 Å². The van der Waals surface area contributed by atoms with Crippen LogP contribution in [0, 0.1) is 6.42 Å². The SMILES string of the molecule is CC(=O)[N-]C1=CC(=c2cn[c-]3[nH+]cc(S(=O)(=O)N4CCCC4)c3[cH+]2)[CH+]C=N1. The second kappa shape index (κ2) is 6.75. The number of rotatable bonds is 3. The van der Waals surface area contributed by atoms with Crippen molar-refractivity contribution in [3.05, 3.63) is 47.3 Å². The van der Waals surface area contributed by atoms with Gasteiger partial charge in [0.05, 0.1) is 0 Å². The molecule has 0 aromatic carbocycles. The smallest absolute Gasteiger partial charge is 0.332 e. The van der Waals surface area contributed by atoms with Gasteiger partial charge in [0.2, 0.25) is 16.2 Å². The van der Waals surface area contributed by atoms with Crippen molar-refractivity contribution in [2.75, 3.05) is 13.1 Å². The van der Waals surface area contributed by atoms with Gasteiger partial charge in [0, 0.05) is 37.5 Å². The number of aromatic nitrogens is 2. The predicted octanol–water partition coefficient (Wildman–Crippen LogP) is 0.753. The van der Waals surface area contributed by atoms with E-state index in [0.29, 0.717) is 29.9 Å². The molecule has 27 heavy (non-hydrogen) atoms. The van der Waals surface area contributed by atoms with Crippen LogP contribution in [0.2, 0.25) is 0 Å². The van der Waals surface area contributed by atoms with E-state index in [0.717, 1.165) is 23.6 Å². The number of carbonyl (C=O) groups excluding carboxylic acids is 1. The minimum atomic E-state index is -3.56. The average molecular weight is 384 g/mol. The number of hydrogen-bond acceptors (Lipinski definition) is 5. The number of fused-ring (bicyclic) bond motifs is 1. The second-order valence-electron chi connectivity index (χ2n) is 6.42. The van der Waals surface area contributed by atoms with E-state index in [1.54, 1.807) is 31.0 Å². The fourth-order valence-corrected chi connectivity index (χ4v) is 4.90. The Kier molecular flexibility index (Phi) is 4.40. The molecule has 0 spiro atoms. The molecule has 0 bridgehead atoms. The van der Waals surface area contributed by atoms with Crippen molar-refractivity contribution in [1.82, 2.24) is 9.29 Å². The lowest BCUT2D eigenvalue weighted by Crippen LogP contribution is -2.27. The summed E-state index contributed by atoms with van der Waals surface area (Å²) >= 11 is 0. The number of amides is 1. The Balaban J connectivity index is 1.82. The highest BCUT2D eigenvalue weighted by atomic mass is 32.2. The summed E-state index contributed by atoms with van der Waals surface area (Å²) in [5.41, 5.74) is 1.27. The van der Waals surface area contributed by atoms with Crippen LogP contribution in [0.1, 0.15) is 19.8 Å². The van der Waals surface area contributed by atoms with Gasteiger partial charge >= 0.3 is 5.65 Å². The van der Waals surface area contributed by atoms with Crippen molar-refractivity contribution in [3.63, 3.8) is 0 Å². The molecule has 4 heterocycles. The van der Waals surface area contributed by atoms with Gasteiger partial charge in [-0.15, -0.1) is 0 Å². The van der Waals surface area contributed by atoms with Crippen molar-refractivity contribution < 1.29 is 18.2 Å². The van der Waals surface area contributed by atoms with E-state index >= 15 is 0 Å². The van der Waals surface area contributed by atoms with E-state index in [4.69, 9.17) is 0 Å². The lowest BCUT2D eigenvalue weighted by atomic mass is 10.1. The van der Waals surface area contributed by atoms with Crippen LogP contribution in [-0.4, -0.2) is 42.9 Å². The maximum absolute atomic E-state index is 12.9. The molecule has 0 unspecified atom stereocenters. The van der Waals surface area contributed by atoms with Crippen LogP contribution in [0.25, 0.3) is 21.9 Å². The first-order valence-electron chi connectivity index (χ1n) is 8.61. The first-order valence-corrected chi connectivity index (χ1v) is 10.1. The number of sulfonamides is 1. The first kappa shape index (κ1) is 17.6. The summed E-state index contributed by atoms with van der Waals surface area (Å²) in [6.45, 7) is 2.45. The summed E-state index contributed by atoms with van der Waals surface area (Å²) in [6, 6.07) is 1.79. The minimum absolute atomic E-state index is 0.233. The molecule has 9 heteroatoms. The standard InChI is InChI=1S/C18H18N5O3S/c1-12(24)22-17-9-13(4-5-19-17)14-8-15-16(11-21-18(15)20-10-14)27(25,26)23-6-2-3-7-23/h4-5,8-11,21H,2-3,6-7H2,1H3/q+1. The summed E-state index contributed by atoms with van der Waals surface area (Å²) in [6.07, 6.45) is 9.90. The minimum Gasteiger partial charge on any atom is -0.419 e. The van der Waals surface area contributed by atoms with Gasteiger partial charge in [-0.2, -0.15) is 4.31 Å². The molecule has 0 atom stereocenters. The van der Waals surface area contributed by atoms with E-state index in [2.05, 4.69) is 20.3 Å². The van der Waals surface area contributed by atoms with Gasteiger partial charge in [0.1, 0.15) is 33.2 Å². The van der Waals surface area contributed by atoms with E-state index in [1.807, 2.05) is 0 Å². The van der Waals surface area contributed by atoms with Gasteiger partial charge in [-0.3, -0.25) is 4.79 Å². The number of aliphatic imine (C=N–C) groups is 1. The van der Waals surface area contributed by atoms with E-state index < -0.39 is 10.0 Å². The summed E-state index contributed by atoms with van der Waals surface area (Å²) in [5, 5.41) is 5.10. The Morgan fingerprint density at radius 2 is 2.15 bits per heavy atom. The van der Waals surface area contributed by atoms with Crippen molar-refractivity contribution in [3.8, 4) is 0 Å². The zero-order chi connectivity index (χ0) is 19.0. The predicted molar refractivity (Wildman–Crippen MR) is 99.8 cm³/mol. The Hall–Kier alpha value is -2.78. The summed E-state index contributed by atoms with van der Waals surface area (Å²) in [4.78, 5) is 22.8. The molecule has 1 fully saturated rings. The molecule has 1 N–H and O–H groups in total. The zero-order valence-electron chi connectivity index (χ0n) is 14.7. The van der Waals surface area contributed by atoms with Gasteiger partial charge in [-0.25, -0.2) is 13.4 Å². The highest BCUT2D eigenvalue weighted by Crippen LogP contribution is 2.25. The number of nitrogens with zero attached hydrogens (tertiary/aromatic N) is 4. The molecule has 0 aliphatic carbocycles. The number of aromatic amines is 1. The van der Waals surface area contributed by atoms with Crippen LogP contribution in [0.15, 0.2) is 40.2 Å². The highest BCUT2D eigenvalue weighted by molar-refractivity contribution is 7.89. The van der Waals surface area contributed by atoms with Crippen molar-refractivity contribution in [2.45, 2.75) is 24.7 Å². The number of allylic oxidation sites excluding steroid dienone is 1. The largest absolute Gasteiger partial charge is 0.419 e. The van der Waals surface area contributed by atoms with Crippen LogP contribution in [0.4, 0.5) is 0 Å². The molecule has 138 valence electrons. The van der Waals surface area contributed by atoms with Gasteiger partial charge in [-0.05, 0) is 31.0 Å². The fourth-order valence-electron chi connectivity index (χ4n) is 3.24. The molecule has 2 aromatic heterocycles. The van der Waals surface area contributed by atoms with Gasteiger partial charge in [0.25, 0.3) is 0 Å². The van der Waals surface area contributed by atoms with Crippen LogP contribution < -0.4 is 10.2 Å². The molecule has 2 aromatic rings. The van der Waals surface area contributed by atoms with Crippen LogP contribution in [-0.2, 0) is 14.8 Å². The molecule has 1 saturated heterocycles. The maximum atomic E-state index is 12.9. The van der Waals surface area contributed by atoms with Crippen LogP contribution in [0.3, 0.4) is 0 Å². The quantitative estimate of drug-likeness (QED) is 0.728. The number of hydrogen-bond donors (Lipinski definition) is 0. The molecule has 1 amide bonds. The van der Waals surface area contributed by atoms with E-state index in [9.17, 15) is 13.2 Å². The molecule has 0 saturated carbocycles. The first-order chi connectivity index (χ1) is 12.9. The Labute approximate surface area is 156 Å². The molecule has 0 radical (unpaired) electrons. The van der Waals surface area contributed by atoms with E-state index in [-0.39, 0.29) is 10.8 Å². The third kappa shape index (κ3) is 3.31.